The number of nitrogens with one attached hydrogen (secondary N) is 1. The Morgan fingerprint density at radius 2 is 2.29 bits per heavy atom. The summed E-state index contributed by atoms with van der Waals surface area (Å²) < 4.78 is 16.2. The molecule has 17 heavy (non-hydrogen) atoms. The van der Waals surface area contributed by atoms with Crippen LogP contribution < -0.4 is 5.43 Å². The third-order valence-corrected chi connectivity index (χ3v) is 3.53. The van der Waals surface area contributed by atoms with E-state index in [0.29, 0.717) is 18.8 Å². The Balaban J connectivity index is 2.30. The number of hydrogen-bond donors (Lipinski definition) is 1. The van der Waals surface area contributed by atoms with Crippen molar-refractivity contribution in [3.8, 4) is 0 Å². The molecule has 2 rings (SSSR count). The Kier molecular flexibility index (Phi) is 3.72. The van der Waals surface area contributed by atoms with Gasteiger partial charge in [0.25, 0.3) is 5.91 Å². The molecule has 0 aromatic carbocycles. The maximum Gasteiger partial charge on any atom is 0.274 e. The summed E-state index contributed by atoms with van der Waals surface area (Å²) in [6, 6.07) is 0. The van der Waals surface area contributed by atoms with E-state index in [1.807, 2.05) is 0 Å². The van der Waals surface area contributed by atoms with Gasteiger partial charge in [-0.3, -0.25) is 13.9 Å². The first-order valence-electron chi connectivity index (χ1n) is 4.71. The van der Waals surface area contributed by atoms with E-state index in [-0.39, 0.29) is 10.1 Å². The molecule has 0 saturated heterocycles. The fourth-order valence-corrected chi connectivity index (χ4v) is 2.45. The number of nitrogens with zero attached hydrogens (tertiary/aromatic N) is 2. The number of hydrazone groups is 1. The lowest BCUT2D eigenvalue weighted by Gasteiger charge is -2.23. The van der Waals surface area contributed by atoms with Crippen molar-refractivity contribution in [3.05, 3.63) is 10.1 Å². The van der Waals surface area contributed by atoms with Gasteiger partial charge in [-0.25, -0.2) is 4.21 Å². The SMILES string of the molecule is CS(=O)OC1C(Cl)=C(Cl)C(=O)N1C1=NNCC1. The summed E-state index contributed by atoms with van der Waals surface area (Å²) in [7, 11) is 0. The van der Waals surface area contributed by atoms with Crippen LogP contribution in [0.25, 0.3) is 0 Å². The smallest absolute Gasteiger partial charge is 0.274 e. The standard InChI is InChI=1S/C8H9Cl2N3O3S/c1-17(15)16-8-6(10)5(9)7(14)13(8)4-2-3-11-12-4/h8,11H,2-3H2,1H3. The fourth-order valence-electron chi connectivity index (χ4n) is 1.55. The Bertz CT molecular complexity index is 451. The van der Waals surface area contributed by atoms with E-state index in [0.717, 1.165) is 0 Å². The molecule has 0 aromatic heterocycles. The summed E-state index contributed by atoms with van der Waals surface area (Å²) in [5.74, 6) is -0.0196. The van der Waals surface area contributed by atoms with Crippen LogP contribution in [0.4, 0.5) is 0 Å². The number of carbonyl (C=O) groups is 1. The molecule has 2 aliphatic heterocycles. The molecule has 94 valence electrons. The average Bonchev–Trinajstić information content (AvgIpc) is 2.84. The highest BCUT2D eigenvalue weighted by molar-refractivity contribution is 7.79. The molecular formula is C8H9Cl2N3O3S. The van der Waals surface area contributed by atoms with Crippen LogP contribution in [0.5, 0.6) is 0 Å². The fraction of sp³-hybridized carbons (Fsp3) is 0.500. The number of hydrogen-bond acceptors (Lipinski definition) is 5. The van der Waals surface area contributed by atoms with E-state index in [4.69, 9.17) is 27.4 Å². The van der Waals surface area contributed by atoms with Gasteiger partial charge in [0.05, 0.1) is 5.03 Å². The monoisotopic (exact) mass is 297 g/mol. The van der Waals surface area contributed by atoms with E-state index in [9.17, 15) is 9.00 Å². The number of rotatable bonds is 2. The van der Waals surface area contributed by atoms with Crippen molar-refractivity contribution in [2.75, 3.05) is 12.8 Å². The number of amidine groups is 1. The van der Waals surface area contributed by atoms with Gasteiger partial charge in [0.2, 0.25) is 0 Å². The molecule has 2 heterocycles. The second kappa shape index (κ2) is 4.93. The number of halogens is 2. The van der Waals surface area contributed by atoms with E-state index >= 15 is 0 Å². The second-order valence-electron chi connectivity index (χ2n) is 3.37. The van der Waals surface area contributed by atoms with Crippen LogP contribution in [0.15, 0.2) is 15.2 Å². The zero-order chi connectivity index (χ0) is 12.6. The normalized spacial score (nSPS) is 26.3. The minimum absolute atomic E-state index is 0.0291. The molecule has 0 fully saturated rings. The molecular weight excluding hydrogens is 289 g/mol. The van der Waals surface area contributed by atoms with Gasteiger partial charge in [0, 0.05) is 19.2 Å². The van der Waals surface area contributed by atoms with Crippen molar-refractivity contribution in [3.63, 3.8) is 0 Å². The lowest BCUT2D eigenvalue weighted by atomic mass is 10.3. The quantitative estimate of drug-likeness (QED) is 0.804. The Hall–Kier alpha value is -0.630. The summed E-state index contributed by atoms with van der Waals surface area (Å²) >= 11 is 10.1. The highest BCUT2D eigenvalue weighted by Gasteiger charge is 2.42. The lowest BCUT2D eigenvalue weighted by molar-refractivity contribution is -0.125. The molecule has 0 bridgehead atoms. The molecule has 0 aromatic rings. The second-order valence-corrected chi connectivity index (χ2v) is 5.15. The Labute approximate surface area is 110 Å². The molecule has 1 amide bonds. The first-order valence-corrected chi connectivity index (χ1v) is 6.95. The third-order valence-electron chi connectivity index (χ3n) is 2.24. The van der Waals surface area contributed by atoms with Gasteiger partial charge in [-0.15, -0.1) is 0 Å². The van der Waals surface area contributed by atoms with Crippen molar-refractivity contribution in [2.24, 2.45) is 5.10 Å². The molecule has 6 nitrogen and oxygen atoms in total. The molecule has 0 saturated carbocycles. The first kappa shape index (κ1) is 12.8. The van der Waals surface area contributed by atoms with E-state index in [2.05, 4.69) is 10.5 Å². The number of carbonyl (C=O) groups excluding carboxylic acids is 1. The van der Waals surface area contributed by atoms with Gasteiger partial charge in [-0.1, -0.05) is 23.2 Å². The molecule has 0 radical (unpaired) electrons. The largest absolute Gasteiger partial charge is 0.308 e. The highest BCUT2D eigenvalue weighted by Crippen LogP contribution is 2.33. The van der Waals surface area contributed by atoms with Crippen molar-refractivity contribution in [2.45, 2.75) is 12.6 Å². The van der Waals surface area contributed by atoms with Gasteiger partial charge in [-0.2, -0.15) is 5.10 Å². The maximum absolute atomic E-state index is 11.9. The molecule has 1 N–H and O–H groups in total. The van der Waals surface area contributed by atoms with Crippen LogP contribution in [0.3, 0.4) is 0 Å². The molecule has 9 heteroatoms. The maximum atomic E-state index is 11.9. The zero-order valence-electron chi connectivity index (χ0n) is 8.77. The van der Waals surface area contributed by atoms with Gasteiger partial charge >= 0.3 is 0 Å². The first-order chi connectivity index (χ1) is 8.02. The minimum Gasteiger partial charge on any atom is -0.308 e. The zero-order valence-corrected chi connectivity index (χ0v) is 11.1. The summed E-state index contributed by atoms with van der Waals surface area (Å²) in [6.45, 7) is 0.621. The van der Waals surface area contributed by atoms with Crippen molar-refractivity contribution in [1.29, 1.82) is 0 Å². The van der Waals surface area contributed by atoms with Crippen LogP contribution in [-0.4, -0.2) is 39.9 Å². The van der Waals surface area contributed by atoms with Crippen LogP contribution in [0.2, 0.25) is 0 Å². The van der Waals surface area contributed by atoms with E-state index in [1.54, 1.807) is 0 Å². The summed E-state index contributed by atoms with van der Waals surface area (Å²) in [6.07, 6.45) is 0.936. The van der Waals surface area contributed by atoms with Crippen molar-refractivity contribution < 1.29 is 13.2 Å². The summed E-state index contributed by atoms with van der Waals surface area (Å²) in [4.78, 5) is 13.1. The third kappa shape index (κ3) is 2.33. The van der Waals surface area contributed by atoms with Crippen molar-refractivity contribution in [1.82, 2.24) is 10.3 Å². The van der Waals surface area contributed by atoms with Crippen molar-refractivity contribution >= 4 is 46.0 Å². The topological polar surface area (TPSA) is 71.0 Å². The van der Waals surface area contributed by atoms with Crippen LogP contribution in [0.1, 0.15) is 6.42 Å². The van der Waals surface area contributed by atoms with Gasteiger partial charge in [0.1, 0.15) is 10.9 Å². The average molecular weight is 298 g/mol. The molecule has 0 aliphatic carbocycles. The predicted molar refractivity (Wildman–Crippen MR) is 64.6 cm³/mol. The Morgan fingerprint density at radius 3 is 2.82 bits per heavy atom. The van der Waals surface area contributed by atoms with Crippen LogP contribution in [0, 0.1) is 0 Å². The van der Waals surface area contributed by atoms with E-state index in [1.165, 1.54) is 11.2 Å². The van der Waals surface area contributed by atoms with Gasteiger partial charge in [0.15, 0.2) is 17.3 Å². The summed E-state index contributed by atoms with van der Waals surface area (Å²) in [5.41, 5.74) is 2.73. The molecule has 2 unspecified atom stereocenters. The molecule has 2 atom stereocenters. The lowest BCUT2D eigenvalue weighted by Crippen LogP contribution is -2.41. The summed E-state index contributed by atoms with van der Waals surface area (Å²) in [5, 5.41) is 3.84. The molecule has 0 spiro atoms. The Morgan fingerprint density at radius 1 is 1.59 bits per heavy atom. The number of amides is 1. The predicted octanol–water partition coefficient (Wildman–Crippen LogP) is 0.461. The highest BCUT2D eigenvalue weighted by atomic mass is 35.5. The van der Waals surface area contributed by atoms with Gasteiger partial charge < -0.3 is 5.43 Å². The van der Waals surface area contributed by atoms with E-state index < -0.39 is 23.2 Å². The molecule has 2 aliphatic rings. The van der Waals surface area contributed by atoms with Crippen LogP contribution >= 0.6 is 23.2 Å². The van der Waals surface area contributed by atoms with Crippen LogP contribution in [-0.2, 0) is 20.1 Å². The van der Waals surface area contributed by atoms with Gasteiger partial charge in [-0.05, 0) is 0 Å². The minimum atomic E-state index is -1.57.